The SMILES string of the molecule is CC1(C)CSc2nc3c(NCCc4ccc(O)c(-c5cncc(F)c5)c4)nc(-c4cncc(F)c4)nc3n21. The number of imidazole rings is 1. The number of benzene rings is 1. The molecule has 38 heavy (non-hydrogen) atoms. The van der Waals surface area contributed by atoms with Gasteiger partial charge in [0.15, 0.2) is 28.0 Å². The number of phenols is 1. The molecule has 1 aliphatic rings. The van der Waals surface area contributed by atoms with Gasteiger partial charge in [0.2, 0.25) is 0 Å². The highest BCUT2D eigenvalue weighted by molar-refractivity contribution is 7.99. The first-order chi connectivity index (χ1) is 18.3. The van der Waals surface area contributed by atoms with Crippen molar-refractivity contribution >= 4 is 28.7 Å². The maximum absolute atomic E-state index is 13.9. The van der Waals surface area contributed by atoms with Gasteiger partial charge in [-0.3, -0.25) is 14.5 Å². The fourth-order valence-electron chi connectivity index (χ4n) is 4.53. The predicted octanol–water partition coefficient (Wildman–Crippen LogP) is 5.43. The molecule has 0 unspecified atom stereocenters. The average molecular weight is 532 g/mol. The summed E-state index contributed by atoms with van der Waals surface area (Å²) in [6.45, 7) is 4.76. The third-order valence-electron chi connectivity index (χ3n) is 6.38. The molecule has 0 fully saturated rings. The van der Waals surface area contributed by atoms with Crippen molar-refractivity contribution in [3.8, 4) is 28.3 Å². The van der Waals surface area contributed by atoms with Crippen molar-refractivity contribution in [3.05, 3.63) is 72.3 Å². The largest absolute Gasteiger partial charge is 0.507 e. The van der Waals surface area contributed by atoms with Gasteiger partial charge in [-0.15, -0.1) is 0 Å². The van der Waals surface area contributed by atoms with Crippen LogP contribution in [0.25, 0.3) is 33.7 Å². The lowest BCUT2D eigenvalue weighted by Gasteiger charge is -2.20. The summed E-state index contributed by atoms with van der Waals surface area (Å²) >= 11 is 1.66. The number of hydrogen-bond donors (Lipinski definition) is 2. The number of halogens is 2. The van der Waals surface area contributed by atoms with Gasteiger partial charge in [0, 0.05) is 41.4 Å². The van der Waals surface area contributed by atoms with Crippen LogP contribution in [0.5, 0.6) is 5.75 Å². The van der Waals surface area contributed by atoms with E-state index in [1.807, 2.05) is 12.1 Å². The second kappa shape index (κ2) is 9.32. The van der Waals surface area contributed by atoms with Gasteiger partial charge in [-0.1, -0.05) is 17.8 Å². The summed E-state index contributed by atoms with van der Waals surface area (Å²) in [4.78, 5) is 22.1. The Kier molecular flexibility index (Phi) is 5.94. The van der Waals surface area contributed by atoms with Crippen molar-refractivity contribution in [1.82, 2.24) is 29.5 Å². The van der Waals surface area contributed by atoms with Crippen LogP contribution in [0.15, 0.2) is 60.3 Å². The highest BCUT2D eigenvalue weighted by atomic mass is 32.2. The number of nitrogens with one attached hydrogen (secondary N) is 1. The van der Waals surface area contributed by atoms with E-state index in [1.165, 1.54) is 24.5 Å². The molecule has 0 radical (unpaired) electrons. The highest BCUT2D eigenvalue weighted by Crippen LogP contribution is 2.41. The van der Waals surface area contributed by atoms with E-state index in [-0.39, 0.29) is 11.3 Å². The van der Waals surface area contributed by atoms with Crippen molar-refractivity contribution in [3.63, 3.8) is 0 Å². The molecule has 0 atom stereocenters. The summed E-state index contributed by atoms with van der Waals surface area (Å²) in [5, 5.41) is 14.6. The maximum atomic E-state index is 13.9. The zero-order valence-electron chi connectivity index (χ0n) is 20.6. The van der Waals surface area contributed by atoms with E-state index in [1.54, 1.807) is 17.8 Å². The molecule has 5 aromatic rings. The molecule has 0 aliphatic carbocycles. The normalized spacial score (nSPS) is 14.1. The third-order valence-corrected chi connectivity index (χ3v) is 7.76. The Bertz CT molecular complexity index is 1690. The van der Waals surface area contributed by atoms with Gasteiger partial charge in [0.25, 0.3) is 0 Å². The van der Waals surface area contributed by atoms with Crippen LogP contribution in [-0.2, 0) is 12.0 Å². The van der Waals surface area contributed by atoms with E-state index in [0.717, 1.165) is 28.9 Å². The second-order valence-electron chi connectivity index (χ2n) is 9.71. The molecule has 192 valence electrons. The van der Waals surface area contributed by atoms with Gasteiger partial charge in [-0.05, 0) is 50.1 Å². The minimum Gasteiger partial charge on any atom is -0.507 e. The van der Waals surface area contributed by atoms with Gasteiger partial charge >= 0.3 is 0 Å². The summed E-state index contributed by atoms with van der Waals surface area (Å²) < 4.78 is 29.7. The third kappa shape index (κ3) is 4.43. The Labute approximate surface area is 221 Å². The number of pyridine rings is 2. The summed E-state index contributed by atoms with van der Waals surface area (Å²) in [6.07, 6.45) is 5.90. The second-order valence-corrected chi connectivity index (χ2v) is 10.7. The van der Waals surface area contributed by atoms with Gasteiger partial charge < -0.3 is 10.4 Å². The van der Waals surface area contributed by atoms with Crippen LogP contribution in [0.1, 0.15) is 19.4 Å². The quantitative estimate of drug-likeness (QED) is 0.299. The summed E-state index contributed by atoms with van der Waals surface area (Å²) in [5.41, 5.74) is 3.54. The number of phenolic OH excluding ortho intramolecular Hbond substituents is 1. The molecule has 4 aromatic heterocycles. The number of anilines is 1. The Morgan fingerprint density at radius 2 is 1.71 bits per heavy atom. The molecule has 0 saturated carbocycles. The van der Waals surface area contributed by atoms with Crippen LogP contribution in [0.3, 0.4) is 0 Å². The minimum absolute atomic E-state index is 0.0487. The fourth-order valence-corrected chi connectivity index (χ4v) is 5.76. The molecule has 0 saturated heterocycles. The first-order valence-corrected chi connectivity index (χ1v) is 13.0. The molecule has 2 N–H and O–H groups in total. The Balaban J connectivity index is 1.33. The first kappa shape index (κ1) is 24.2. The molecule has 1 aliphatic heterocycles. The molecule has 8 nitrogen and oxygen atoms in total. The number of aromatic nitrogens is 6. The summed E-state index contributed by atoms with van der Waals surface area (Å²) in [5.74, 6) is 0.881. The monoisotopic (exact) mass is 531 g/mol. The lowest BCUT2D eigenvalue weighted by atomic mass is 10.0. The van der Waals surface area contributed by atoms with Crippen LogP contribution >= 0.6 is 11.8 Å². The molecule has 11 heteroatoms. The zero-order valence-corrected chi connectivity index (χ0v) is 21.4. The van der Waals surface area contributed by atoms with Crippen molar-refractivity contribution in [2.75, 3.05) is 17.6 Å². The van der Waals surface area contributed by atoms with E-state index in [0.29, 0.717) is 52.5 Å². The molecule has 6 rings (SSSR count). The van der Waals surface area contributed by atoms with Gasteiger partial charge in [0.05, 0.1) is 17.9 Å². The molecule has 0 bridgehead atoms. The van der Waals surface area contributed by atoms with Crippen LogP contribution < -0.4 is 5.32 Å². The van der Waals surface area contributed by atoms with Gasteiger partial charge in [-0.25, -0.2) is 23.7 Å². The molecule has 5 heterocycles. The number of fused-ring (bicyclic) bond motifs is 3. The summed E-state index contributed by atoms with van der Waals surface area (Å²) in [7, 11) is 0. The molecular weight excluding hydrogens is 508 g/mol. The molecule has 1 aromatic carbocycles. The zero-order chi connectivity index (χ0) is 26.4. The molecule has 0 spiro atoms. The minimum atomic E-state index is -0.473. The van der Waals surface area contributed by atoms with Crippen molar-refractivity contribution in [1.29, 1.82) is 0 Å². The lowest BCUT2D eigenvalue weighted by molar-refractivity contribution is 0.404. The van der Waals surface area contributed by atoms with Crippen molar-refractivity contribution < 1.29 is 13.9 Å². The van der Waals surface area contributed by atoms with Gasteiger partial charge in [0.1, 0.15) is 17.4 Å². The topological polar surface area (TPSA) is 102 Å². The standard InChI is InChI=1S/C27H23F2N7OS/c1-27(2)14-38-26-33-22-24(34-23(35-25(22)36(26)27)17-9-19(29)13-31-11-17)32-6-5-15-3-4-21(37)20(7-15)16-8-18(28)12-30-10-16/h3-4,7-13,37H,5-6,14H2,1-2H3,(H,32,34,35). The highest BCUT2D eigenvalue weighted by Gasteiger charge is 2.35. The van der Waals surface area contributed by atoms with Crippen LogP contribution in [0, 0.1) is 11.6 Å². The Morgan fingerprint density at radius 3 is 2.47 bits per heavy atom. The Hall–Kier alpha value is -4.12. The van der Waals surface area contributed by atoms with Crippen LogP contribution in [0.4, 0.5) is 14.6 Å². The van der Waals surface area contributed by atoms with E-state index in [9.17, 15) is 13.9 Å². The van der Waals surface area contributed by atoms with Crippen LogP contribution in [-0.4, -0.2) is 46.9 Å². The number of rotatable bonds is 6. The van der Waals surface area contributed by atoms with E-state index in [2.05, 4.69) is 38.7 Å². The fraction of sp³-hybridized carbons (Fsp3) is 0.222. The Morgan fingerprint density at radius 1 is 0.974 bits per heavy atom. The molecule has 0 amide bonds. The van der Waals surface area contributed by atoms with Crippen molar-refractivity contribution in [2.45, 2.75) is 31.0 Å². The summed E-state index contributed by atoms with van der Waals surface area (Å²) in [6, 6.07) is 7.92. The first-order valence-electron chi connectivity index (χ1n) is 12.0. The number of aromatic hydroxyl groups is 1. The number of hydrogen-bond acceptors (Lipinski definition) is 8. The van der Waals surface area contributed by atoms with Gasteiger partial charge in [-0.2, -0.15) is 0 Å². The number of nitrogens with zero attached hydrogens (tertiary/aromatic N) is 6. The number of thioether (sulfide) groups is 1. The van der Waals surface area contributed by atoms with E-state index >= 15 is 0 Å². The predicted molar refractivity (Wildman–Crippen MR) is 142 cm³/mol. The smallest absolute Gasteiger partial charge is 0.171 e. The van der Waals surface area contributed by atoms with E-state index in [4.69, 9.17) is 9.97 Å². The van der Waals surface area contributed by atoms with E-state index < -0.39 is 11.6 Å². The lowest BCUT2D eigenvalue weighted by Crippen LogP contribution is -2.24. The van der Waals surface area contributed by atoms with Crippen LogP contribution in [0.2, 0.25) is 0 Å². The average Bonchev–Trinajstić information content (AvgIpc) is 3.42. The van der Waals surface area contributed by atoms with Crippen molar-refractivity contribution in [2.24, 2.45) is 0 Å². The maximum Gasteiger partial charge on any atom is 0.171 e. The molecular formula is C27H23F2N7OS.